The van der Waals surface area contributed by atoms with Crippen LogP contribution in [0.5, 0.6) is 5.75 Å². The highest BCUT2D eigenvalue weighted by molar-refractivity contribution is 9.35. The normalized spacial score (nSPS) is 16.1. The van der Waals surface area contributed by atoms with Gasteiger partial charge in [0.1, 0.15) is 5.75 Å². The summed E-state index contributed by atoms with van der Waals surface area (Å²) in [5, 5.41) is -1.31. The van der Waals surface area contributed by atoms with Gasteiger partial charge < -0.3 is 4.18 Å². The molecule has 0 saturated heterocycles. The van der Waals surface area contributed by atoms with E-state index in [1.165, 1.54) is 6.08 Å². The van der Waals surface area contributed by atoms with Gasteiger partial charge in [-0.25, -0.2) is 8.42 Å². The summed E-state index contributed by atoms with van der Waals surface area (Å²) in [6.45, 7) is -6.58. The molecule has 0 N–H and O–H groups in total. The van der Waals surface area contributed by atoms with Crippen molar-refractivity contribution >= 4 is 41.7 Å². The molecule has 6 aromatic carbocycles. The van der Waals surface area contributed by atoms with Crippen molar-refractivity contribution in [3.63, 3.8) is 0 Å². The Morgan fingerprint density at radius 2 is 1.13 bits per heavy atom. The molecule has 2 unspecified atom stereocenters. The molecule has 0 spiro atoms. The molecule has 0 amide bonds. The van der Waals surface area contributed by atoms with E-state index in [9.17, 15) is 8.42 Å². The Labute approximate surface area is 327 Å². The van der Waals surface area contributed by atoms with E-state index in [0.29, 0.717) is 21.6 Å². The van der Waals surface area contributed by atoms with E-state index < -0.39 is 37.3 Å². The fraction of sp³-hybridized carbons (Fsp3) is 0.0889. The number of benzene rings is 6. The molecule has 55 heavy (non-hydrogen) atoms. The maximum Gasteiger partial charge on any atom is 0.265 e. The van der Waals surface area contributed by atoms with E-state index in [1.807, 2.05) is 127 Å². The maximum atomic E-state index is 17.2. The zero-order valence-electron chi connectivity index (χ0n) is 29.8. The molecule has 1 aliphatic carbocycles. The lowest BCUT2D eigenvalue weighted by Gasteiger charge is -2.84. The molecule has 0 fully saturated rings. The third kappa shape index (κ3) is 6.79. The van der Waals surface area contributed by atoms with Crippen molar-refractivity contribution in [2.45, 2.75) is 27.4 Å². The molecule has 0 aliphatic heterocycles. The van der Waals surface area contributed by atoms with Crippen LogP contribution in [0.3, 0.4) is 0 Å². The average Bonchev–Trinajstić information content (AvgIpc) is 3.23. The molecule has 2 atom stereocenters. The minimum atomic E-state index is -6.38. The van der Waals surface area contributed by atoms with E-state index in [0.717, 1.165) is 10.8 Å². The molecule has 0 bridgehead atoms. The van der Waals surface area contributed by atoms with Crippen LogP contribution in [-0.2, 0) is 35.7 Å². The predicted octanol–water partition coefficient (Wildman–Crippen LogP) is 10.8. The first kappa shape index (κ1) is 38.2. The lowest BCUT2D eigenvalue weighted by Crippen LogP contribution is -2.55. The smallest absolute Gasteiger partial charge is 0.265 e. The first-order chi connectivity index (χ1) is 26.7. The first-order valence-corrected chi connectivity index (χ1v) is 24.6. The van der Waals surface area contributed by atoms with Crippen LogP contribution in [0.15, 0.2) is 216 Å². The molecule has 7 rings (SSSR count). The quantitative estimate of drug-likeness (QED) is 0.0800. The SMILES string of the molecule is O=S(=O)=C1C=CC=CC1C(c1ccccc1)S(Cc1ccccc1)(OCc1ccccc1)(Oc1ccccc1)(Sc1ccccc1)S(=O)(=O)c1ccccc1. The van der Waals surface area contributed by atoms with Gasteiger partial charge in [0.15, 0.2) is 0 Å². The van der Waals surface area contributed by atoms with Gasteiger partial charge in [-0.05, 0) is 70.0 Å². The maximum absolute atomic E-state index is 17.2. The number of rotatable bonds is 14. The summed E-state index contributed by atoms with van der Waals surface area (Å²) in [7, 11) is -6.63. The topological polar surface area (TPSA) is 86.7 Å². The summed E-state index contributed by atoms with van der Waals surface area (Å²) in [6.07, 6.45) is 6.71. The van der Waals surface area contributed by atoms with E-state index in [1.54, 1.807) is 72.8 Å². The van der Waals surface area contributed by atoms with Crippen LogP contribution in [0, 0.1) is 5.92 Å². The number of para-hydroxylation sites is 1. The van der Waals surface area contributed by atoms with Gasteiger partial charge in [-0.3, -0.25) is 4.18 Å². The van der Waals surface area contributed by atoms with Gasteiger partial charge in [0.05, 0.1) is 27.4 Å². The molecule has 6 aromatic rings. The molecule has 0 radical (unpaired) electrons. The van der Waals surface area contributed by atoms with Crippen LogP contribution in [0.25, 0.3) is 0 Å². The number of hydrogen-bond acceptors (Lipinski definition) is 7. The molecule has 0 heterocycles. The van der Waals surface area contributed by atoms with Crippen LogP contribution in [-0.4, -0.2) is 21.7 Å². The fourth-order valence-corrected chi connectivity index (χ4v) is 26.7. The second-order valence-corrected chi connectivity index (χ2v) is 27.8. The summed E-state index contributed by atoms with van der Waals surface area (Å²) in [6, 6.07) is 54.4. The standard InChI is InChI=1S/C45H40O6S4/c46-53(47)44-34-20-19-33-43(44)45(39-25-11-3-12-26-39)55(36-38-23-9-2-10-24-38,51-40-27-13-4-14-28-40,52-41-29-15-5-16-30-41,50-35-37-21-7-1-8-22-37)54(48,49)42-31-17-6-18-32-42/h1-34,43,45H,35-36H2. The van der Waals surface area contributed by atoms with Crippen molar-refractivity contribution in [1.82, 2.24) is 0 Å². The minimum absolute atomic E-state index is 0.00584. The van der Waals surface area contributed by atoms with Crippen LogP contribution >= 0.6 is 17.7 Å². The first-order valence-electron chi connectivity index (χ1n) is 17.7. The number of allylic oxidation sites excluding steroid dienone is 4. The van der Waals surface area contributed by atoms with Gasteiger partial charge in [0.2, 0.25) is 10.3 Å². The Balaban J connectivity index is 1.82. The Bertz CT molecular complexity index is 2450. The van der Waals surface area contributed by atoms with E-state index in [-0.39, 0.29) is 27.9 Å². The highest BCUT2D eigenvalue weighted by atomic mass is 33.6. The van der Waals surface area contributed by atoms with Crippen molar-refractivity contribution in [2.24, 2.45) is 5.92 Å². The average molecular weight is 805 g/mol. The van der Waals surface area contributed by atoms with Gasteiger partial charge in [-0.15, -0.1) is 6.92 Å². The van der Waals surface area contributed by atoms with E-state index in [2.05, 4.69) is 0 Å². The lowest BCUT2D eigenvalue weighted by molar-refractivity contribution is 0.285. The number of hydrogen-bond donors (Lipinski definition) is 0. The third-order valence-corrected chi connectivity index (χ3v) is 28.2. The predicted molar refractivity (Wildman–Crippen MR) is 227 cm³/mol. The van der Waals surface area contributed by atoms with Gasteiger partial charge in [0.25, 0.3) is 8.87 Å². The van der Waals surface area contributed by atoms with Crippen molar-refractivity contribution < 1.29 is 25.2 Å². The zero-order valence-corrected chi connectivity index (χ0v) is 33.0. The second-order valence-electron chi connectivity index (χ2n) is 13.1. The lowest BCUT2D eigenvalue weighted by atomic mass is 9.92. The molecule has 280 valence electrons. The largest absolute Gasteiger partial charge is 0.399 e. The molecule has 6 nitrogen and oxygen atoms in total. The van der Waals surface area contributed by atoms with Crippen LogP contribution in [0.4, 0.5) is 0 Å². The monoisotopic (exact) mass is 804 g/mol. The highest BCUT2D eigenvalue weighted by Gasteiger charge is 2.75. The Morgan fingerprint density at radius 3 is 1.71 bits per heavy atom. The van der Waals surface area contributed by atoms with E-state index >= 15 is 8.42 Å². The summed E-state index contributed by atoms with van der Waals surface area (Å²) in [5.41, 5.74) is 1.86. The molecular formula is C45H40O6S4. The van der Waals surface area contributed by atoms with Crippen molar-refractivity contribution in [1.29, 1.82) is 0 Å². The fourth-order valence-electron chi connectivity index (χ4n) is 7.26. The molecule has 0 aromatic heterocycles. The second kappa shape index (κ2) is 15.6. The zero-order chi connectivity index (χ0) is 38.3. The van der Waals surface area contributed by atoms with Crippen LogP contribution < -0.4 is 4.18 Å². The minimum Gasteiger partial charge on any atom is -0.399 e. The molecule has 10 heteroatoms. The molecular weight excluding hydrogens is 765 g/mol. The van der Waals surface area contributed by atoms with E-state index in [4.69, 9.17) is 8.37 Å². The van der Waals surface area contributed by atoms with Crippen LogP contribution in [0.1, 0.15) is 21.9 Å². The van der Waals surface area contributed by atoms with Gasteiger partial charge in [-0.1, -0.05) is 164 Å². The summed E-state index contributed by atoms with van der Waals surface area (Å²) in [4.78, 5) is 0.539. The van der Waals surface area contributed by atoms with Crippen LogP contribution in [0.2, 0.25) is 0 Å². The third-order valence-electron chi connectivity index (χ3n) is 9.63. The summed E-state index contributed by atoms with van der Waals surface area (Å²) in [5.74, 6) is -1.12. The van der Waals surface area contributed by atoms with Gasteiger partial charge in [-0.2, -0.15) is 8.42 Å². The summed E-state index contributed by atoms with van der Waals surface area (Å²) < 4.78 is 77.1. The van der Waals surface area contributed by atoms with Gasteiger partial charge in [0, 0.05) is 10.8 Å². The Hall–Kier alpha value is -5.10. The molecule has 0 saturated carbocycles. The van der Waals surface area contributed by atoms with Crippen molar-refractivity contribution in [3.05, 3.63) is 223 Å². The highest BCUT2D eigenvalue weighted by Crippen LogP contribution is 3.10. The molecule has 1 aliphatic rings. The Morgan fingerprint density at radius 1 is 0.618 bits per heavy atom. The van der Waals surface area contributed by atoms with Gasteiger partial charge >= 0.3 is 0 Å². The van der Waals surface area contributed by atoms with Crippen molar-refractivity contribution in [3.8, 4) is 5.75 Å². The van der Waals surface area contributed by atoms with Crippen molar-refractivity contribution in [2.75, 3.05) is 0 Å². The summed E-state index contributed by atoms with van der Waals surface area (Å²) >= 11 is 0. The Kier molecular flexibility index (Phi) is 10.8.